The number of fused-ring (bicyclic) bond motifs is 1. The van der Waals surface area contributed by atoms with Crippen molar-refractivity contribution in [3.8, 4) is 11.9 Å². The molecule has 7 heteroatoms. The number of hydrogen-bond donors (Lipinski definition) is 2. The Hall–Kier alpha value is -3.30. The second kappa shape index (κ2) is 7.07. The lowest BCUT2D eigenvalue weighted by Crippen LogP contribution is -2.13. The molecule has 0 bridgehead atoms. The number of anilines is 1. The Balaban J connectivity index is 1.89. The van der Waals surface area contributed by atoms with E-state index in [1.807, 2.05) is 18.2 Å². The van der Waals surface area contributed by atoms with Crippen LogP contribution in [0.5, 0.6) is 5.88 Å². The lowest BCUT2D eigenvalue weighted by molar-refractivity contribution is -0.112. The molecule has 0 unspecified atom stereocenters. The molecule has 2 aromatic heterocycles. The van der Waals surface area contributed by atoms with E-state index in [0.29, 0.717) is 22.2 Å². The normalized spacial score (nSPS) is 11.2. The fourth-order valence-corrected chi connectivity index (χ4v) is 2.64. The monoisotopic (exact) mass is 352 g/mol. The van der Waals surface area contributed by atoms with Gasteiger partial charge < -0.3 is 15.0 Å². The average Bonchev–Trinajstić information content (AvgIpc) is 3.04. The van der Waals surface area contributed by atoms with Crippen LogP contribution in [0.2, 0.25) is 5.02 Å². The van der Waals surface area contributed by atoms with E-state index in [-0.39, 0.29) is 5.57 Å². The molecule has 0 saturated carbocycles. The molecule has 0 aliphatic heterocycles. The van der Waals surface area contributed by atoms with Crippen LogP contribution < -0.4 is 10.1 Å². The number of ether oxygens (including phenoxy) is 1. The lowest BCUT2D eigenvalue weighted by atomic mass is 10.1. The molecule has 0 spiro atoms. The van der Waals surface area contributed by atoms with Gasteiger partial charge in [0.15, 0.2) is 0 Å². The summed E-state index contributed by atoms with van der Waals surface area (Å²) in [6.07, 6.45) is 4.65. The lowest BCUT2D eigenvalue weighted by Gasteiger charge is -2.05. The van der Waals surface area contributed by atoms with Crippen LogP contribution in [-0.2, 0) is 4.79 Å². The number of nitrogens with one attached hydrogen (secondary N) is 2. The summed E-state index contributed by atoms with van der Waals surface area (Å²) >= 11 is 6.22. The maximum Gasteiger partial charge on any atom is 0.266 e. The van der Waals surface area contributed by atoms with Gasteiger partial charge in [-0.1, -0.05) is 17.7 Å². The van der Waals surface area contributed by atoms with Crippen molar-refractivity contribution in [2.45, 2.75) is 0 Å². The van der Waals surface area contributed by atoms with Crippen molar-refractivity contribution in [3.05, 3.63) is 58.9 Å². The van der Waals surface area contributed by atoms with E-state index < -0.39 is 5.91 Å². The first-order valence-corrected chi connectivity index (χ1v) is 7.69. The Bertz CT molecular complexity index is 1000. The van der Waals surface area contributed by atoms with Crippen molar-refractivity contribution < 1.29 is 9.53 Å². The molecular weight excluding hydrogens is 340 g/mol. The van der Waals surface area contributed by atoms with Crippen LogP contribution in [-0.4, -0.2) is 23.0 Å². The summed E-state index contributed by atoms with van der Waals surface area (Å²) in [5.74, 6) is -0.0987. The fraction of sp³-hybridized carbons (Fsp3) is 0.0556. The third kappa shape index (κ3) is 3.47. The summed E-state index contributed by atoms with van der Waals surface area (Å²) in [5.41, 5.74) is 1.91. The van der Waals surface area contributed by atoms with Gasteiger partial charge in [0.1, 0.15) is 11.6 Å². The van der Waals surface area contributed by atoms with E-state index in [1.54, 1.807) is 24.4 Å². The zero-order valence-corrected chi connectivity index (χ0v) is 14.0. The highest BCUT2D eigenvalue weighted by Crippen LogP contribution is 2.28. The van der Waals surface area contributed by atoms with Crippen LogP contribution in [0.25, 0.3) is 17.0 Å². The second-order valence-electron chi connectivity index (χ2n) is 5.12. The molecular formula is C18H13ClN4O2. The molecule has 1 aromatic carbocycles. The Labute approximate surface area is 148 Å². The van der Waals surface area contributed by atoms with Crippen molar-refractivity contribution in [2.75, 3.05) is 12.4 Å². The molecule has 0 saturated heterocycles. The molecule has 0 atom stereocenters. The van der Waals surface area contributed by atoms with Gasteiger partial charge in [0, 0.05) is 28.7 Å². The van der Waals surface area contributed by atoms with E-state index in [9.17, 15) is 10.1 Å². The number of nitrogens with zero attached hydrogens (tertiary/aromatic N) is 2. The minimum Gasteiger partial charge on any atom is -0.481 e. The Kier molecular flexibility index (Phi) is 4.68. The number of carbonyl (C=O) groups excluding carboxylic acids is 1. The first kappa shape index (κ1) is 16.6. The van der Waals surface area contributed by atoms with Gasteiger partial charge in [-0.05, 0) is 24.3 Å². The average molecular weight is 353 g/mol. The number of halogens is 1. The predicted molar refractivity (Wildman–Crippen MR) is 96.3 cm³/mol. The summed E-state index contributed by atoms with van der Waals surface area (Å²) in [5, 5.41) is 13.3. The summed E-state index contributed by atoms with van der Waals surface area (Å²) in [6.45, 7) is 0. The third-order valence-electron chi connectivity index (χ3n) is 3.55. The van der Waals surface area contributed by atoms with Crippen molar-refractivity contribution in [3.63, 3.8) is 0 Å². The smallest absolute Gasteiger partial charge is 0.266 e. The van der Waals surface area contributed by atoms with E-state index in [2.05, 4.69) is 15.3 Å². The maximum absolute atomic E-state index is 12.3. The van der Waals surface area contributed by atoms with Crippen molar-refractivity contribution in [2.24, 2.45) is 0 Å². The van der Waals surface area contributed by atoms with Gasteiger partial charge in [-0.2, -0.15) is 5.26 Å². The maximum atomic E-state index is 12.3. The molecule has 6 nitrogen and oxygen atoms in total. The number of hydrogen-bond acceptors (Lipinski definition) is 4. The highest BCUT2D eigenvalue weighted by Gasteiger charge is 2.12. The van der Waals surface area contributed by atoms with Gasteiger partial charge in [0.2, 0.25) is 5.88 Å². The van der Waals surface area contributed by atoms with Crippen LogP contribution >= 0.6 is 11.6 Å². The molecule has 1 amide bonds. The second-order valence-corrected chi connectivity index (χ2v) is 5.53. The molecule has 25 heavy (non-hydrogen) atoms. The number of carbonyl (C=O) groups is 1. The molecule has 2 heterocycles. The molecule has 3 aromatic rings. The quantitative estimate of drug-likeness (QED) is 0.552. The molecule has 0 fully saturated rings. The van der Waals surface area contributed by atoms with Crippen LogP contribution in [0.15, 0.2) is 48.3 Å². The highest BCUT2D eigenvalue weighted by molar-refractivity contribution is 6.36. The van der Waals surface area contributed by atoms with Crippen molar-refractivity contribution in [1.29, 1.82) is 5.26 Å². The largest absolute Gasteiger partial charge is 0.481 e. The molecule has 2 N–H and O–H groups in total. The number of pyridine rings is 1. The van der Waals surface area contributed by atoms with Gasteiger partial charge in [0.05, 0.1) is 24.0 Å². The van der Waals surface area contributed by atoms with Gasteiger partial charge in [0.25, 0.3) is 5.91 Å². The van der Waals surface area contributed by atoms with Crippen LogP contribution in [0.1, 0.15) is 5.56 Å². The van der Waals surface area contributed by atoms with E-state index in [1.165, 1.54) is 19.4 Å². The number of benzene rings is 1. The van der Waals surface area contributed by atoms with Crippen LogP contribution in [0.4, 0.5) is 5.69 Å². The first-order valence-electron chi connectivity index (χ1n) is 7.31. The molecule has 0 radical (unpaired) electrons. The SMILES string of the molecule is COc1ccc(NC(=O)/C(C#N)=C/c2c[nH]c3cccc(Cl)c23)cn1. The number of methoxy groups -OCH3 is 1. The minimum absolute atomic E-state index is 0.0448. The first-order chi connectivity index (χ1) is 12.1. The topological polar surface area (TPSA) is 90.8 Å². The molecule has 3 rings (SSSR count). The summed E-state index contributed by atoms with van der Waals surface area (Å²) in [4.78, 5) is 19.4. The van der Waals surface area contributed by atoms with Gasteiger partial charge in [-0.25, -0.2) is 4.98 Å². The fourth-order valence-electron chi connectivity index (χ4n) is 2.36. The van der Waals surface area contributed by atoms with Gasteiger partial charge >= 0.3 is 0 Å². The highest BCUT2D eigenvalue weighted by atomic mass is 35.5. The van der Waals surface area contributed by atoms with Crippen LogP contribution in [0.3, 0.4) is 0 Å². The van der Waals surface area contributed by atoms with Gasteiger partial charge in [-0.15, -0.1) is 0 Å². The van der Waals surface area contributed by atoms with E-state index >= 15 is 0 Å². The number of H-pyrrole nitrogens is 1. The standard InChI is InChI=1S/C18H13ClN4O2/c1-25-16-6-5-13(10-22-16)23-18(24)11(8-20)7-12-9-21-15-4-2-3-14(19)17(12)15/h2-7,9-10,21H,1H3,(H,23,24)/b11-7+. The zero-order chi connectivity index (χ0) is 17.8. The summed E-state index contributed by atoms with van der Waals surface area (Å²) < 4.78 is 4.96. The Morgan fingerprint density at radius 3 is 2.92 bits per heavy atom. The van der Waals surface area contributed by atoms with E-state index in [0.717, 1.165) is 10.9 Å². The number of aromatic nitrogens is 2. The van der Waals surface area contributed by atoms with E-state index in [4.69, 9.17) is 16.3 Å². The summed E-state index contributed by atoms with van der Waals surface area (Å²) in [6, 6.07) is 10.6. The molecule has 124 valence electrons. The molecule has 0 aliphatic rings. The van der Waals surface area contributed by atoms with Crippen LogP contribution in [0, 0.1) is 11.3 Å². The number of amides is 1. The van der Waals surface area contributed by atoms with Crippen molar-refractivity contribution >= 4 is 40.2 Å². The zero-order valence-electron chi connectivity index (χ0n) is 13.2. The number of nitriles is 1. The Morgan fingerprint density at radius 2 is 2.24 bits per heavy atom. The Morgan fingerprint density at radius 1 is 1.40 bits per heavy atom. The predicted octanol–water partition coefficient (Wildman–Crippen LogP) is 3.77. The summed E-state index contributed by atoms with van der Waals surface area (Å²) in [7, 11) is 1.50. The number of rotatable bonds is 4. The minimum atomic E-state index is -0.532. The number of aromatic amines is 1. The van der Waals surface area contributed by atoms with Gasteiger partial charge in [-0.3, -0.25) is 4.79 Å². The third-order valence-corrected chi connectivity index (χ3v) is 3.87. The van der Waals surface area contributed by atoms with Crippen molar-refractivity contribution in [1.82, 2.24) is 9.97 Å². The molecule has 0 aliphatic carbocycles.